The second-order valence-electron chi connectivity index (χ2n) is 6.09. The lowest BCUT2D eigenvalue weighted by molar-refractivity contribution is 0.0697. The number of aromatic carboxylic acids is 1. The van der Waals surface area contributed by atoms with Crippen molar-refractivity contribution in [3.05, 3.63) is 60.6 Å². The van der Waals surface area contributed by atoms with Crippen LogP contribution in [0.1, 0.15) is 10.4 Å². The second-order valence-corrected chi connectivity index (χ2v) is 6.09. The summed E-state index contributed by atoms with van der Waals surface area (Å²) in [6.45, 7) is 0. The van der Waals surface area contributed by atoms with E-state index in [1.807, 2.05) is 12.1 Å². The molecule has 0 saturated carbocycles. The molecule has 2 N–H and O–H groups in total. The van der Waals surface area contributed by atoms with E-state index in [1.165, 1.54) is 13.4 Å². The number of nitrogens with zero attached hydrogens (tertiary/aromatic N) is 4. The summed E-state index contributed by atoms with van der Waals surface area (Å²) >= 11 is 0. The summed E-state index contributed by atoms with van der Waals surface area (Å²) in [6.07, 6.45) is 3.23. The van der Waals surface area contributed by atoms with Gasteiger partial charge in [0, 0.05) is 11.8 Å². The van der Waals surface area contributed by atoms with Crippen LogP contribution in [0, 0.1) is 0 Å². The Hall–Kier alpha value is -4.14. The predicted octanol–water partition coefficient (Wildman–Crippen LogP) is 3.25. The Kier molecular flexibility index (Phi) is 4.70. The number of benzene rings is 1. The molecule has 0 spiro atoms. The molecule has 146 valence electrons. The van der Waals surface area contributed by atoms with E-state index in [0.29, 0.717) is 28.8 Å². The van der Waals surface area contributed by atoms with Crippen LogP contribution in [0.15, 0.2) is 55.0 Å². The number of pyridine rings is 2. The first kappa shape index (κ1) is 18.2. The zero-order valence-electron chi connectivity index (χ0n) is 15.7. The molecular weight excluding hydrogens is 374 g/mol. The maximum absolute atomic E-state index is 11.3. The molecule has 29 heavy (non-hydrogen) atoms. The SMILES string of the molecule is COc1ccc(Nc2cc(-c3cccc(C(=O)O)c3)cn3ncnc23)nc1OC. The number of hydrogen-bond donors (Lipinski definition) is 2. The van der Waals surface area contributed by atoms with Gasteiger partial charge in [-0.1, -0.05) is 12.1 Å². The van der Waals surface area contributed by atoms with E-state index in [1.54, 1.807) is 48.2 Å². The first-order valence-corrected chi connectivity index (χ1v) is 8.62. The van der Waals surface area contributed by atoms with Gasteiger partial charge in [-0.25, -0.2) is 14.3 Å². The average molecular weight is 391 g/mol. The third-order valence-corrected chi connectivity index (χ3v) is 4.32. The Morgan fingerprint density at radius 1 is 1.10 bits per heavy atom. The molecule has 0 radical (unpaired) electrons. The van der Waals surface area contributed by atoms with Gasteiger partial charge in [-0.2, -0.15) is 10.1 Å². The van der Waals surface area contributed by atoms with Crippen LogP contribution in [-0.2, 0) is 0 Å². The van der Waals surface area contributed by atoms with Crippen LogP contribution in [0.5, 0.6) is 11.6 Å². The first-order chi connectivity index (χ1) is 14.1. The van der Waals surface area contributed by atoms with Crippen molar-refractivity contribution in [2.24, 2.45) is 0 Å². The van der Waals surface area contributed by atoms with Crippen LogP contribution in [-0.4, -0.2) is 44.9 Å². The number of rotatable bonds is 6. The van der Waals surface area contributed by atoms with Crippen molar-refractivity contribution in [2.75, 3.05) is 19.5 Å². The highest BCUT2D eigenvalue weighted by molar-refractivity contribution is 5.90. The van der Waals surface area contributed by atoms with Gasteiger partial charge in [-0.15, -0.1) is 0 Å². The molecule has 0 atom stereocenters. The third kappa shape index (κ3) is 3.53. The van der Waals surface area contributed by atoms with Crippen LogP contribution in [0.3, 0.4) is 0 Å². The maximum atomic E-state index is 11.3. The Bertz CT molecular complexity index is 1200. The number of carbonyl (C=O) groups is 1. The number of carboxylic acids is 1. The van der Waals surface area contributed by atoms with Gasteiger partial charge in [0.1, 0.15) is 12.1 Å². The monoisotopic (exact) mass is 391 g/mol. The van der Waals surface area contributed by atoms with Crippen molar-refractivity contribution in [1.29, 1.82) is 0 Å². The van der Waals surface area contributed by atoms with E-state index in [9.17, 15) is 9.90 Å². The normalized spacial score (nSPS) is 10.7. The smallest absolute Gasteiger partial charge is 0.335 e. The molecular formula is C20H17N5O4. The largest absolute Gasteiger partial charge is 0.491 e. The molecule has 0 saturated heterocycles. The van der Waals surface area contributed by atoms with E-state index in [4.69, 9.17) is 9.47 Å². The number of carboxylic acid groups (broad SMARTS) is 1. The van der Waals surface area contributed by atoms with Crippen LogP contribution in [0.4, 0.5) is 11.5 Å². The lowest BCUT2D eigenvalue weighted by atomic mass is 10.0. The fourth-order valence-electron chi connectivity index (χ4n) is 2.94. The number of fused-ring (bicyclic) bond motifs is 1. The molecule has 0 bridgehead atoms. The zero-order valence-corrected chi connectivity index (χ0v) is 15.7. The number of ether oxygens (including phenoxy) is 2. The van der Waals surface area contributed by atoms with Gasteiger partial charge in [0.05, 0.1) is 25.5 Å². The summed E-state index contributed by atoms with van der Waals surface area (Å²) in [5.74, 6) is 0.413. The molecule has 3 aromatic heterocycles. The lowest BCUT2D eigenvalue weighted by Crippen LogP contribution is -2.01. The van der Waals surface area contributed by atoms with Gasteiger partial charge in [0.15, 0.2) is 11.4 Å². The highest BCUT2D eigenvalue weighted by Crippen LogP contribution is 2.30. The molecule has 3 heterocycles. The zero-order chi connectivity index (χ0) is 20.4. The lowest BCUT2D eigenvalue weighted by Gasteiger charge is -2.12. The van der Waals surface area contributed by atoms with Gasteiger partial charge >= 0.3 is 5.97 Å². The van der Waals surface area contributed by atoms with Gasteiger partial charge < -0.3 is 19.9 Å². The van der Waals surface area contributed by atoms with Gasteiger partial charge in [0.2, 0.25) is 0 Å². The van der Waals surface area contributed by atoms with E-state index in [0.717, 1.165) is 11.1 Å². The van der Waals surface area contributed by atoms with Crippen molar-refractivity contribution in [3.8, 4) is 22.8 Å². The minimum absolute atomic E-state index is 0.206. The molecule has 9 nitrogen and oxygen atoms in total. The Balaban J connectivity index is 1.78. The van der Waals surface area contributed by atoms with E-state index in [2.05, 4.69) is 20.4 Å². The first-order valence-electron chi connectivity index (χ1n) is 8.62. The molecule has 1 aromatic carbocycles. The highest BCUT2D eigenvalue weighted by atomic mass is 16.5. The van der Waals surface area contributed by atoms with E-state index < -0.39 is 5.97 Å². The average Bonchev–Trinajstić information content (AvgIpc) is 3.22. The van der Waals surface area contributed by atoms with Crippen molar-refractivity contribution in [2.45, 2.75) is 0 Å². The Morgan fingerprint density at radius 2 is 1.97 bits per heavy atom. The second kappa shape index (κ2) is 7.47. The van der Waals surface area contributed by atoms with Crippen LogP contribution < -0.4 is 14.8 Å². The van der Waals surface area contributed by atoms with Gasteiger partial charge in [-0.3, -0.25) is 0 Å². The number of nitrogens with one attached hydrogen (secondary N) is 1. The van der Waals surface area contributed by atoms with Crippen molar-refractivity contribution in [3.63, 3.8) is 0 Å². The minimum atomic E-state index is -0.985. The predicted molar refractivity (Wildman–Crippen MR) is 106 cm³/mol. The van der Waals surface area contributed by atoms with E-state index in [-0.39, 0.29) is 5.56 Å². The number of hydrogen-bond acceptors (Lipinski definition) is 7. The number of anilines is 2. The number of methoxy groups -OCH3 is 2. The summed E-state index contributed by atoms with van der Waals surface area (Å²) < 4.78 is 12.1. The van der Waals surface area contributed by atoms with Gasteiger partial charge in [0.25, 0.3) is 5.88 Å². The van der Waals surface area contributed by atoms with Crippen molar-refractivity contribution < 1.29 is 19.4 Å². The molecule has 0 aliphatic carbocycles. The molecule has 4 rings (SSSR count). The topological polar surface area (TPSA) is 111 Å². The summed E-state index contributed by atoms with van der Waals surface area (Å²) in [5.41, 5.74) is 2.97. The molecule has 0 aliphatic rings. The summed E-state index contributed by atoms with van der Waals surface area (Å²) in [5, 5.41) is 16.7. The summed E-state index contributed by atoms with van der Waals surface area (Å²) in [7, 11) is 3.06. The quantitative estimate of drug-likeness (QED) is 0.515. The third-order valence-electron chi connectivity index (χ3n) is 4.32. The molecule has 0 amide bonds. The summed E-state index contributed by atoms with van der Waals surface area (Å²) in [6, 6.07) is 12.1. The van der Waals surface area contributed by atoms with Crippen LogP contribution in [0.25, 0.3) is 16.8 Å². The Labute approximate surface area is 165 Å². The highest BCUT2D eigenvalue weighted by Gasteiger charge is 2.12. The molecule has 0 unspecified atom stereocenters. The molecule has 9 heteroatoms. The van der Waals surface area contributed by atoms with E-state index >= 15 is 0 Å². The molecule has 0 aliphatic heterocycles. The van der Waals surface area contributed by atoms with Crippen molar-refractivity contribution in [1.82, 2.24) is 19.6 Å². The van der Waals surface area contributed by atoms with Crippen LogP contribution >= 0.6 is 0 Å². The van der Waals surface area contributed by atoms with Gasteiger partial charge in [-0.05, 0) is 35.9 Å². The maximum Gasteiger partial charge on any atom is 0.335 e. The van der Waals surface area contributed by atoms with Crippen LogP contribution in [0.2, 0.25) is 0 Å². The Morgan fingerprint density at radius 3 is 2.72 bits per heavy atom. The molecule has 4 aromatic rings. The fourth-order valence-corrected chi connectivity index (χ4v) is 2.94. The molecule has 0 fully saturated rings. The standard InChI is InChI=1S/C20H17N5O4/c1-28-16-6-7-17(24-19(16)29-2)23-15-9-14(10-25-18(15)21-11-22-25)12-4-3-5-13(8-12)20(26)27/h3-11H,1-2H3,(H,23,24)(H,26,27). The summed E-state index contributed by atoms with van der Waals surface area (Å²) in [4.78, 5) is 20.0. The van der Waals surface area contributed by atoms with Crippen molar-refractivity contribution >= 4 is 23.1 Å². The number of aromatic nitrogens is 4. The minimum Gasteiger partial charge on any atom is -0.491 e. The fraction of sp³-hybridized carbons (Fsp3) is 0.100.